The molecule has 3 aromatic rings. The number of aromatic nitrogens is 1. The van der Waals surface area contributed by atoms with E-state index in [4.69, 9.17) is 10.5 Å². The first-order valence-corrected chi connectivity index (χ1v) is 6.69. The summed E-state index contributed by atoms with van der Waals surface area (Å²) in [6.45, 7) is 2.59. The van der Waals surface area contributed by atoms with Crippen molar-refractivity contribution in [2.24, 2.45) is 5.73 Å². The van der Waals surface area contributed by atoms with Gasteiger partial charge in [-0.05, 0) is 36.8 Å². The van der Waals surface area contributed by atoms with Gasteiger partial charge in [0.15, 0.2) is 0 Å². The smallest absolute Gasteiger partial charge is 0.128 e. The summed E-state index contributed by atoms with van der Waals surface area (Å²) in [6, 6.07) is 14.4. The van der Waals surface area contributed by atoms with E-state index in [1.807, 2.05) is 18.2 Å². The second kappa shape index (κ2) is 5.02. The lowest BCUT2D eigenvalue weighted by atomic mass is 10.0. The summed E-state index contributed by atoms with van der Waals surface area (Å²) in [6.07, 6.45) is 0. The highest BCUT2D eigenvalue weighted by Crippen LogP contribution is 2.35. The Labute approximate surface area is 118 Å². The summed E-state index contributed by atoms with van der Waals surface area (Å²) in [7, 11) is 1.69. The minimum atomic E-state index is 0.497. The highest BCUT2D eigenvalue weighted by Gasteiger charge is 2.14. The van der Waals surface area contributed by atoms with Gasteiger partial charge in [0.1, 0.15) is 5.75 Å². The molecule has 102 valence electrons. The van der Waals surface area contributed by atoms with Crippen molar-refractivity contribution in [1.29, 1.82) is 0 Å². The van der Waals surface area contributed by atoms with Crippen molar-refractivity contribution in [2.45, 2.75) is 13.5 Å². The molecular formula is C17H18N2O. The molecule has 3 nitrogen and oxygen atoms in total. The average Bonchev–Trinajstić information content (AvgIpc) is 2.84. The van der Waals surface area contributed by atoms with Gasteiger partial charge in [0.25, 0.3) is 0 Å². The number of para-hydroxylation sites is 1. The Morgan fingerprint density at radius 2 is 1.95 bits per heavy atom. The first-order valence-electron chi connectivity index (χ1n) is 6.69. The van der Waals surface area contributed by atoms with Gasteiger partial charge in [-0.1, -0.05) is 23.8 Å². The Morgan fingerprint density at radius 3 is 2.70 bits per heavy atom. The molecule has 0 aliphatic carbocycles. The number of aromatic amines is 1. The Bertz CT molecular complexity index is 759. The molecule has 0 saturated heterocycles. The molecule has 0 fully saturated rings. The molecule has 2 aromatic carbocycles. The summed E-state index contributed by atoms with van der Waals surface area (Å²) >= 11 is 0. The largest absolute Gasteiger partial charge is 0.496 e. The van der Waals surface area contributed by atoms with Crippen LogP contribution in [0.3, 0.4) is 0 Å². The van der Waals surface area contributed by atoms with Crippen molar-refractivity contribution in [3.63, 3.8) is 0 Å². The molecule has 3 rings (SSSR count). The van der Waals surface area contributed by atoms with Crippen LogP contribution in [-0.4, -0.2) is 12.1 Å². The normalized spacial score (nSPS) is 10.9. The van der Waals surface area contributed by atoms with Crippen molar-refractivity contribution in [3.05, 3.63) is 53.6 Å². The molecule has 0 amide bonds. The van der Waals surface area contributed by atoms with Crippen LogP contribution in [0.4, 0.5) is 0 Å². The van der Waals surface area contributed by atoms with Crippen LogP contribution in [0.15, 0.2) is 42.5 Å². The van der Waals surface area contributed by atoms with Crippen LogP contribution in [-0.2, 0) is 6.54 Å². The second-order valence-corrected chi connectivity index (χ2v) is 4.93. The van der Waals surface area contributed by atoms with Crippen LogP contribution < -0.4 is 10.5 Å². The van der Waals surface area contributed by atoms with E-state index in [-0.39, 0.29) is 0 Å². The van der Waals surface area contributed by atoms with Crippen LogP contribution in [0, 0.1) is 6.92 Å². The minimum Gasteiger partial charge on any atom is -0.496 e. The van der Waals surface area contributed by atoms with E-state index in [1.165, 1.54) is 10.9 Å². The highest BCUT2D eigenvalue weighted by atomic mass is 16.5. The molecule has 3 heteroatoms. The predicted octanol–water partition coefficient (Wildman–Crippen LogP) is 3.61. The number of ether oxygens (including phenoxy) is 1. The molecular weight excluding hydrogens is 248 g/mol. The topological polar surface area (TPSA) is 51.0 Å². The van der Waals surface area contributed by atoms with Crippen LogP contribution in [0.1, 0.15) is 11.1 Å². The number of nitrogens with two attached hydrogens (primary N) is 1. The lowest BCUT2D eigenvalue weighted by Crippen LogP contribution is -1.98. The number of rotatable bonds is 3. The Hall–Kier alpha value is -2.26. The van der Waals surface area contributed by atoms with Gasteiger partial charge in [0.05, 0.1) is 12.8 Å². The molecule has 20 heavy (non-hydrogen) atoms. The fourth-order valence-electron chi connectivity index (χ4n) is 2.65. The molecule has 0 aliphatic heterocycles. The predicted molar refractivity (Wildman–Crippen MR) is 82.9 cm³/mol. The van der Waals surface area contributed by atoms with Gasteiger partial charge in [-0.25, -0.2) is 0 Å². The number of methoxy groups -OCH3 is 1. The fourth-order valence-corrected chi connectivity index (χ4v) is 2.65. The molecule has 0 aliphatic rings. The van der Waals surface area contributed by atoms with Gasteiger partial charge < -0.3 is 15.5 Å². The molecule has 3 N–H and O–H groups in total. The maximum absolute atomic E-state index is 5.98. The third kappa shape index (κ3) is 1.96. The molecule has 0 unspecified atom stereocenters. The lowest BCUT2D eigenvalue weighted by Gasteiger charge is -2.08. The zero-order valence-corrected chi connectivity index (χ0v) is 11.7. The van der Waals surface area contributed by atoms with Crippen LogP contribution in [0.25, 0.3) is 22.2 Å². The number of hydrogen-bond acceptors (Lipinski definition) is 2. The third-order valence-electron chi connectivity index (χ3n) is 3.64. The Morgan fingerprint density at radius 1 is 1.15 bits per heavy atom. The van der Waals surface area contributed by atoms with Crippen molar-refractivity contribution >= 4 is 10.9 Å². The maximum Gasteiger partial charge on any atom is 0.128 e. The zero-order valence-electron chi connectivity index (χ0n) is 11.7. The molecule has 0 bridgehead atoms. The number of benzene rings is 2. The standard InChI is InChI=1S/C17H18N2O/c1-11-7-8-15-13(9-11)14(10-18)17(19-15)12-5-3-4-6-16(12)20-2/h3-9,19H,10,18H2,1-2H3. The Kier molecular flexibility index (Phi) is 3.20. The summed E-state index contributed by atoms with van der Waals surface area (Å²) in [5.41, 5.74) is 11.5. The fraction of sp³-hybridized carbons (Fsp3) is 0.176. The second-order valence-electron chi connectivity index (χ2n) is 4.93. The van der Waals surface area contributed by atoms with Crippen molar-refractivity contribution in [2.75, 3.05) is 7.11 Å². The number of fused-ring (bicyclic) bond motifs is 1. The van der Waals surface area contributed by atoms with E-state index >= 15 is 0 Å². The SMILES string of the molecule is COc1ccccc1-c1[nH]c2ccc(C)cc2c1CN. The minimum absolute atomic E-state index is 0.497. The molecule has 0 saturated carbocycles. The van der Waals surface area contributed by atoms with E-state index in [9.17, 15) is 0 Å². The molecule has 1 heterocycles. The number of nitrogens with one attached hydrogen (secondary N) is 1. The van der Waals surface area contributed by atoms with E-state index in [1.54, 1.807) is 7.11 Å². The molecule has 0 atom stereocenters. The van der Waals surface area contributed by atoms with Gasteiger partial charge in [-0.15, -0.1) is 0 Å². The van der Waals surface area contributed by atoms with Gasteiger partial charge in [0, 0.05) is 23.0 Å². The van der Waals surface area contributed by atoms with Gasteiger partial charge in [-0.3, -0.25) is 0 Å². The molecule has 1 aromatic heterocycles. The van der Waals surface area contributed by atoms with Crippen LogP contribution in [0.5, 0.6) is 5.75 Å². The van der Waals surface area contributed by atoms with E-state index in [0.717, 1.165) is 28.1 Å². The highest BCUT2D eigenvalue weighted by molar-refractivity contribution is 5.92. The average molecular weight is 266 g/mol. The van der Waals surface area contributed by atoms with Gasteiger partial charge >= 0.3 is 0 Å². The maximum atomic E-state index is 5.98. The summed E-state index contributed by atoms with van der Waals surface area (Å²) in [4.78, 5) is 3.47. The third-order valence-corrected chi connectivity index (χ3v) is 3.64. The molecule has 0 spiro atoms. The van der Waals surface area contributed by atoms with Crippen molar-refractivity contribution < 1.29 is 4.74 Å². The van der Waals surface area contributed by atoms with Gasteiger partial charge in [0.2, 0.25) is 0 Å². The lowest BCUT2D eigenvalue weighted by molar-refractivity contribution is 0.416. The number of aryl methyl sites for hydroxylation is 1. The Balaban J connectivity index is 2.30. The monoisotopic (exact) mass is 266 g/mol. The summed E-state index contributed by atoms with van der Waals surface area (Å²) < 4.78 is 5.46. The number of hydrogen-bond donors (Lipinski definition) is 2. The van der Waals surface area contributed by atoms with E-state index in [0.29, 0.717) is 6.54 Å². The first kappa shape index (κ1) is 12.8. The quantitative estimate of drug-likeness (QED) is 0.761. The number of H-pyrrole nitrogens is 1. The van der Waals surface area contributed by atoms with Crippen LogP contribution in [0.2, 0.25) is 0 Å². The molecule has 0 radical (unpaired) electrons. The van der Waals surface area contributed by atoms with Gasteiger partial charge in [-0.2, -0.15) is 0 Å². The zero-order chi connectivity index (χ0) is 14.1. The van der Waals surface area contributed by atoms with Crippen LogP contribution >= 0.6 is 0 Å². The summed E-state index contributed by atoms with van der Waals surface area (Å²) in [5, 5.41) is 1.19. The van der Waals surface area contributed by atoms with E-state index in [2.05, 4.69) is 36.2 Å². The van der Waals surface area contributed by atoms with Crippen molar-refractivity contribution in [3.8, 4) is 17.0 Å². The van der Waals surface area contributed by atoms with Crippen molar-refractivity contribution in [1.82, 2.24) is 4.98 Å². The van der Waals surface area contributed by atoms with E-state index < -0.39 is 0 Å². The first-order chi connectivity index (χ1) is 9.74. The summed E-state index contributed by atoms with van der Waals surface area (Å²) in [5.74, 6) is 0.852.